The maximum absolute atomic E-state index is 6.12. The summed E-state index contributed by atoms with van der Waals surface area (Å²) in [5.74, 6) is 0.677. The van der Waals surface area contributed by atoms with Gasteiger partial charge in [-0.15, -0.1) is 0 Å². The van der Waals surface area contributed by atoms with Crippen molar-refractivity contribution in [3.63, 3.8) is 0 Å². The molecule has 15 heavy (non-hydrogen) atoms. The Morgan fingerprint density at radius 2 is 2.07 bits per heavy atom. The molecule has 0 aliphatic heterocycles. The number of hydrogen-bond donors (Lipinski definition) is 1. The van der Waals surface area contributed by atoms with Gasteiger partial charge in [-0.25, -0.2) is 0 Å². The van der Waals surface area contributed by atoms with Gasteiger partial charge in [0.05, 0.1) is 0 Å². The molecule has 3 heteroatoms. The molecule has 0 aromatic heterocycles. The first-order chi connectivity index (χ1) is 7.15. The molecule has 1 nitrogen and oxygen atoms in total. The minimum Gasteiger partial charge on any atom is -0.328 e. The fourth-order valence-electron chi connectivity index (χ4n) is 2.31. The van der Waals surface area contributed by atoms with Gasteiger partial charge < -0.3 is 5.73 Å². The molecule has 82 valence electrons. The van der Waals surface area contributed by atoms with Crippen LogP contribution >= 0.6 is 23.2 Å². The van der Waals surface area contributed by atoms with Crippen molar-refractivity contribution in [2.75, 3.05) is 0 Å². The highest BCUT2D eigenvalue weighted by Crippen LogP contribution is 2.30. The first kappa shape index (κ1) is 11.3. The number of hydrogen-bond acceptors (Lipinski definition) is 1. The highest BCUT2D eigenvalue weighted by Gasteiger charge is 2.22. The second-order valence-corrected chi connectivity index (χ2v) is 5.22. The lowest BCUT2D eigenvalue weighted by molar-refractivity contribution is 0.535. The topological polar surface area (TPSA) is 26.0 Å². The maximum Gasteiger partial charge on any atom is 0.0439 e. The second-order valence-electron chi connectivity index (χ2n) is 4.38. The van der Waals surface area contributed by atoms with Crippen molar-refractivity contribution >= 4 is 23.2 Å². The molecular weight excluding hydrogens is 229 g/mol. The summed E-state index contributed by atoms with van der Waals surface area (Å²) in [5, 5.41) is 1.58. The fraction of sp³-hybridized carbons (Fsp3) is 0.500. The predicted octanol–water partition coefficient (Wildman–Crippen LogP) is 3.66. The smallest absolute Gasteiger partial charge is 0.0439 e. The number of benzene rings is 1. The molecular formula is C12H15Cl2N. The van der Waals surface area contributed by atoms with Gasteiger partial charge in [-0.05, 0) is 55.4 Å². The average molecular weight is 244 g/mol. The van der Waals surface area contributed by atoms with E-state index in [-0.39, 0.29) is 0 Å². The van der Waals surface area contributed by atoms with Crippen molar-refractivity contribution in [1.82, 2.24) is 0 Å². The molecule has 1 saturated carbocycles. The Bertz CT molecular complexity index is 351. The molecule has 1 aliphatic carbocycles. The van der Waals surface area contributed by atoms with Crippen molar-refractivity contribution in [3.8, 4) is 0 Å². The van der Waals surface area contributed by atoms with Gasteiger partial charge in [0, 0.05) is 16.1 Å². The summed E-state index contributed by atoms with van der Waals surface area (Å²) in [6, 6.07) is 6.04. The SMILES string of the molecule is NC1CCC(Cc2cc(Cl)ccc2Cl)C1. The van der Waals surface area contributed by atoms with Gasteiger partial charge in [0.25, 0.3) is 0 Å². The van der Waals surface area contributed by atoms with Crippen molar-refractivity contribution in [1.29, 1.82) is 0 Å². The Labute approximate surface area is 101 Å². The zero-order chi connectivity index (χ0) is 10.8. The van der Waals surface area contributed by atoms with Crippen LogP contribution in [0.15, 0.2) is 18.2 Å². The van der Waals surface area contributed by atoms with E-state index in [1.54, 1.807) is 0 Å². The minimum absolute atomic E-state index is 0.382. The molecule has 0 saturated heterocycles. The molecule has 2 rings (SSSR count). The largest absolute Gasteiger partial charge is 0.328 e. The van der Waals surface area contributed by atoms with Crippen molar-refractivity contribution in [2.24, 2.45) is 11.7 Å². The van der Waals surface area contributed by atoms with E-state index in [1.807, 2.05) is 18.2 Å². The standard InChI is InChI=1S/C12H15Cl2N/c13-10-2-4-12(14)9(7-10)5-8-1-3-11(15)6-8/h2,4,7-8,11H,1,3,5-6,15H2. The summed E-state index contributed by atoms with van der Waals surface area (Å²) in [4.78, 5) is 0. The van der Waals surface area contributed by atoms with Crippen molar-refractivity contribution < 1.29 is 0 Å². The zero-order valence-corrected chi connectivity index (χ0v) is 10.1. The van der Waals surface area contributed by atoms with E-state index in [2.05, 4.69) is 0 Å². The van der Waals surface area contributed by atoms with Crippen molar-refractivity contribution in [3.05, 3.63) is 33.8 Å². The third kappa shape index (κ3) is 2.87. The monoisotopic (exact) mass is 243 g/mol. The van der Waals surface area contributed by atoms with E-state index < -0.39 is 0 Å². The van der Waals surface area contributed by atoms with Gasteiger partial charge in [-0.1, -0.05) is 23.2 Å². The predicted molar refractivity (Wildman–Crippen MR) is 65.5 cm³/mol. The summed E-state index contributed by atoms with van der Waals surface area (Å²) in [7, 11) is 0. The second kappa shape index (κ2) is 4.73. The average Bonchev–Trinajstić information content (AvgIpc) is 2.58. The van der Waals surface area contributed by atoms with Crippen LogP contribution in [-0.4, -0.2) is 6.04 Å². The van der Waals surface area contributed by atoms with Crippen LogP contribution in [0.2, 0.25) is 10.0 Å². The summed E-state index contributed by atoms with van der Waals surface area (Å²) in [6.45, 7) is 0. The molecule has 1 aromatic carbocycles. The molecule has 1 aromatic rings. The zero-order valence-electron chi connectivity index (χ0n) is 8.55. The van der Waals surface area contributed by atoms with Crippen LogP contribution < -0.4 is 5.73 Å². The van der Waals surface area contributed by atoms with Crippen LogP contribution in [0.3, 0.4) is 0 Å². The van der Waals surface area contributed by atoms with E-state index >= 15 is 0 Å². The summed E-state index contributed by atoms with van der Waals surface area (Å²) >= 11 is 12.1. The van der Waals surface area contributed by atoms with Gasteiger partial charge in [0.2, 0.25) is 0 Å². The third-order valence-electron chi connectivity index (χ3n) is 3.10. The normalized spacial score (nSPS) is 25.8. The van der Waals surface area contributed by atoms with E-state index in [9.17, 15) is 0 Å². The Morgan fingerprint density at radius 3 is 2.73 bits per heavy atom. The third-order valence-corrected chi connectivity index (χ3v) is 3.70. The van der Waals surface area contributed by atoms with Crippen LogP contribution in [-0.2, 0) is 6.42 Å². The van der Waals surface area contributed by atoms with Crippen LogP contribution in [0.4, 0.5) is 0 Å². The molecule has 0 heterocycles. The molecule has 2 N–H and O–H groups in total. The van der Waals surface area contributed by atoms with Gasteiger partial charge >= 0.3 is 0 Å². The molecule has 0 spiro atoms. The van der Waals surface area contributed by atoms with Gasteiger partial charge in [0.1, 0.15) is 0 Å². The van der Waals surface area contributed by atoms with Gasteiger partial charge in [-0.3, -0.25) is 0 Å². The molecule has 0 radical (unpaired) electrons. The summed E-state index contributed by atoms with van der Waals surface area (Å²) in [6.07, 6.45) is 4.47. The highest BCUT2D eigenvalue weighted by atomic mass is 35.5. The minimum atomic E-state index is 0.382. The molecule has 1 aliphatic rings. The van der Waals surface area contributed by atoms with E-state index in [4.69, 9.17) is 28.9 Å². The summed E-state index contributed by atoms with van der Waals surface area (Å²) < 4.78 is 0. The molecule has 1 fully saturated rings. The number of halogens is 2. The summed E-state index contributed by atoms with van der Waals surface area (Å²) in [5.41, 5.74) is 7.04. The number of rotatable bonds is 2. The van der Waals surface area contributed by atoms with Gasteiger partial charge in [-0.2, -0.15) is 0 Å². The van der Waals surface area contributed by atoms with Gasteiger partial charge in [0.15, 0.2) is 0 Å². The van der Waals surface area contributed by atoms with Crippen LogP contribution in [0.5, 0.6) is 0 Å². The van der Waals surface area contributed by atoms with Crippen LogP contribution in [0.1, 0.15) is 24.8 Å². The lowest BCUT2D eigenvalue weighted by Gasteiger charge is -2.11. The molecule has 2 atom stereocenters. The Kier molecular flexibility index (Phi) is 3.55. The lowest BCUT2D eigenvalue weighted by atomic mass is 9.98. The van der Waals surface area contributed by atoms with Crippen LogP contribution in [0.25, 0.3) is 0 Å². The Hall–Kier alpha value is -0.240. The van der Waals surface area contributed by atoms with E-state index in [0.29, 0.717) is 12.0 Å². The van der Waals surface area contributed by atoms with Crippen LogP contribution in [0, 0.1) is 5.92 Å². The van der Waals surface area contributed by atoms with Crippen molar-refractivity contribution in [2.45, 2.75) is 31.7 Å². The fourth-order valence-corrected chi connectivity index (χ4v) is 2.70. The Morgan fingerprint density at radius 1 is 1.27 bits per heavy atom. The quantitative estimate of drug-likeness (QED) is 0.844. The molecule has 0 amide bonds. The number of nitrogens with two attached hydrogens (primary N) is 1. The first-order valence-corrected chi connectivity index (χ1v) is 6.10. The van der Waals surface area contributed by atoms with E-state index in [1.165, 1.54) is 6.42 Å². The highest BCUT2D eigenvalue weighted by molar-refractivity contribution is 6.33. The first-order valence-electron chi connectivity index (χ1n) is 5.34. The Balaban J connectivity index is 2.07. The lowest BCUT2D eigenvalue weighted by Crippen LogP contribution is -2.15. The molecule has 0 bridgehead atoms. The van der Waals surface area contributed by atoms with E-state index in [0.717, 1.165) is 34.9 Å². The molecule has 2 unspecified atom stereocenters. The maximum atomic E-state index is 6.12.